The van der Waals surface area contributed by atoms with Crippen molar-refractivity contribution < 1.29 is 39.0 Å². The molecule has 4 aromatic carbocycles. The van der Waals surface area contributed by atoms with E-state index in [-0.39, 0.29) is 51.0 Å². The molecule has 0 aromatic heterocycles. The average Bonchev–Trinajstić information content (AvgIpc) is 3.19. The first-order chi connectivity index (χ1) is 23.5. The van der Waals surface area contributed by atoms with Crippen LogP contribution >= 0.6 is 0 Å². The van der Waals surface area contributed by atoms with Crippen molar-refractivity contribution in [2.75, 3.05) is 26.2 Å². The molecule has 2 N–H and O–H groups in total. The van der Waals surface area contributed by atoms with Gasteiger partial charge in [0, 0.05) is 44.7 Å². The molecule has 0 aliphatic heterocycles. The molecule has 0 unspecified atom stereocenters. The van der Waals surface area contributed by atoms with Crippen LogP contribution in [0.25, 0.3) is 10.6 Å². The van der Waals surface area contributed by atoms with Crippen molar-refractivity contribution in [3.8, 4) is 0 Å². The number of benzene rings is 4. The second kappa shape index (κ2) is 39.7. The number of nitrogens with one attached hydrogen (secondary N) is 2. The topological polar surface area (TPSA) is 52.3 Å². The van der Waals surface area contributed by atoms with Crippen LogP contribution in [-0.2, 0) is 39.0 Å². The average molecular weight is 782 g/mol. The van der Waals surface area contributed by atoms with Crippen LogP contribution in [0.1, 0.15) is 102 Å². The van der Waals surface area contributed by atoms with Gasteiger partial charge in [-0.1, -0.05) is 146 Å². The largest absolute Gasteiger partial charge is 2.00 e. The summed E-state index contributed by atoms with van der Waals surface area (Å²) in [5, 5.41) is 16.4. The van der Waals surface area contributed by atoms with Gasteiger partial charge < -0.3 is 49.0 Å². The Bertz CT molecular complexity index is 976. The van der Waals surface area contributed by atoms with Gasteiger partial charge in [-0.25, -0.2) is 0 Å². The Morgan fingerprint density at radius 3 is 0.880 bits per heavy atom. The van der Waals surface area contributed by atoms with Gasteiger partial charge in [0.25, 0.3) is 0 Å². The van der Waals surface area contributed by atoms with Crippen LogP contribution in [0.4, 0.5) is 0 Å². The van der Waals surface area contributed by atoms with Crippen molar-refractivity contribution in [1.82, 2.24) is 10.6 Å². The smallest absolute Gasteiger partial charge is 0.657 e. The van der Waals surface area contributed by atoms with E-state index in [4.69, 9.17) is 0 Å². The Kier molecular flexibility index (Phi) is 43.5. The zero-order valence-electron chi connectivity index (χ0n) is 32.8. The molecule has 4 nitrogen and oxygen atoms in total. The third-order valence-electron chi connectivity index (χ3n) is 7.10. The fraction of sp³-hybridized carbons (Fsp3) is 0.364. The Hall–Kier alpha value is -2.03. The second-order valence-corrected chi connectivity index (χ2v) is 10.2. The minimum atomic E-state index is 0. The second-order valence-electron chi connectivity index (χ2n) is 10.2. The van der Waals surface area contributed by atoms with Crippen molar-refractivity contribution >= 4 is 0 Å². The quantitative estimate of drug-likeness (QED) is 0.0760. The summed E-state index contributed by atoms with van der Waals surface area (Å²) >= 11 is 0. The molecule has 0 fully saturated rings. The minimum Gasteiger partial charge on any atom is -0.657 e. The molecule has 270 valence electrons. The zero-order chi connectivity index (χ0) is 36.4. The van der Waals surface area contributed by atoms with E-state index in [1.807, 2.05) is 12.1 Å². The first kappa shape index (κ1) is 54.7. The van der Waals surface area contributed by atoms with Crippen LogP contribution in [0.15, 0.2) is 121 Å². The van der Waals surface area contributed by atoms with E-state index in [1.54, 1.807) is 27.7 Å². The maximum atomic E-state index is 4.67. The fourth-order valence-electron chi connectivity index (χ4n) is 4.47. The molecular weight excluding hydrogens is 715 g/mol. The van der Waals surface area contributed by atoms with Crippen molar-refractivity contribution in [3.63, 3.8) is 0 Å². The molecule has 0 spiro atoms. The molecule has 0 aliphatic rings. The molecule has 4 atom stereocenters. The van der Waals surface area contributed by atoms with Gasteiger partial charge in [-0.3, -0.25) is 0 Å². The fourth-order valence-corrected chi connectivity index (χ4v) is 4.47. The number of hydrogen-bond donors (Lipinski definition) is 2. The van der Waals surface area contributed by atoms with Gasteiger partial charge in [0.2, 0.25) is 0 Å². The van der Waals surface area contributed by atoms with E-state index in [9.17, 15) is 0 Å². The molecule has 4 rings (SSSR count). The number of hydrogen-bond acceptors (Lipinski definition) is 2. The third kappa shape index (κ3) is 25.8. The standard InChI is InChI=1S/C18H24N2.C18H22N2.4C2H5.2Zn/c2*1-15(17-9-5-3-6-10-17)19-13-14-20-16(2)18-11-7-4-8-12-18;4*1-2;;/h3-12,15-16,19-20H,13-14H2,1-2H3;3-12,15-16H,13-14H2,1-2H3;4*1H2,2H3;;/q;-2;4*-1;;+2/t15-,16-;15-,16+;;;;;;/m0......./s1. The van der Waals surface area contributed by atoms with Crippen molar-refractivity contribution in [3.05, 3.63) is 182 Å². The van der Waals surface area contributed by atoms with Gasteiger partial charge in [0.05, 0.1) is 0 Å². The monoisotopic (exact) mass is 778 g/mol. The molecule has 4 aromatic rings. The predicted molar refractivity (Wildman–Crippen MR) is 216 cm³/mol. The molecule has 0 bridgehead atoms. The summed E-state index contributed by atoms with van der Waals surface area (Å²) in [6, 6.07) is 43.2. The predicted octanol–water partition coefficient (Wildman–Crippen LogP) is 12.3. The molecule has 0 aliphatic carbocycles. The van der Waals surface area contributed by atoms with Gasteiger partial charge in [0.15, 0.2) is 0 Å². The van der Waals surface area contributed by atoms with Crippen LogP contribution in [0.3, 0.4) is 0 Å². The maximum Gasteiger partial charge on any atom is 2.00 e. The molecule has 0 saturated heterocycles. The SMILES string of the molecule is C[C@H](NCCN[C@@H](C)c1ccccc1)c1ccccc1.C[C@H]([N-]CC[N-][C@H](C)c1ccccc1)c1ccccc1.[CH2-]C.[CH2-]C.[CH2-]C.[CH2-]C.[Zn+2].[Zn]. The molecule has 0 radical (unpaired) electrons. The van der Waals surface area contributed by atoms with Crippen molar-refractivity contribution in [2.24, 2.45) is 0 Å². The molecule has 0 amide bonds. The van der Waals surface area contributed by atoms with Gasteiger partial charge in [-0.15, -0.1) is 12.1 Å². The first-order valence-corrected chi connectivity index (χ1v) is 17.4. The first-order valence-electron chi connectivity index (χ1n) is 17.4. The zero-order valence-corrected chi connectivity index (χ0v) is 38.8. The summed E-state index contributed by atoms with van der Waals surface area (Å²) in [5.74, 6) is 0. The molecule has 0 heterocycles. The van der Waals surface area contributed by atoms with Crippen LogP contribution in [0.5, 0.6) is 0 Å². The van der Waals surface area contributed by atoms with E-state index in [0.29, 0.717) is 12.1 Å². The van der Waals surface area contributed by atoms with E-state index < -0.39 is 0 Å². The normalized spacial score (nSPS) is 11.6. The molecule has 6 heteroatoms. The van der Waals surface area contributed by atoms with Crippen LogP contribution < -0.4 is 10.6 Å². The minimum absolute atomic E-state index is 0. The number of rotatable bonds is 14. The van der Waals surface area contributed by atoms with Gasteiger partial charge in [-0.2, -0.15) is 40.8 Å². The Morgan fingerprint density at radius 2 is 0.640 bits per heavy atom. The van der Waals surface area contributed by atoms with Crippen LogP contribution in [0, 0.1) is 27.7 Å². The van der Waals surface area contributed by atoms with Gasteiger partial charge in [-0.05, 0) is 25.0 Å². The molecule has 50 heavy (non-hydrogen) atoms. The van der Waals surface area contributed by atoms with Crippen molar-refractivity contribution in [1.29, 1.82) is 0 Å². The van der Waals surface area contributed by atoms with E-state index in [0.717, 1.165) is 26.2 Å². The summed E-state index contributed by atoms with van der Waals surface area (Å²) in [6.45, 7) is 32.2. The summed E-state index contributed by atoms with van der Waals surface area (Å²) in [7, 11) is 0. The van der Waals surface area contributed by atoms with Crippen LogP contribution in [0.2, 0.25) is 0 Å². The van der Waals surface area contributed by atoms with Gasteiger partial charge >= 0.3 is 19.5 Å². The van der Waals surface area contributed by atoms with E-state index in [2.05, 4.69) is 186 Å². The third-order valence-corrected chi connectivity index (χ3v) is 7.10. The molecule has 0 saturated carbocycles. The van der Waals surface area contributed by atoms with E-state index >= 15 is 0 Å². The summed E-state index contributed by atoms with van der Waals surface area (Å²) < 4.78 is 0. The van der Waals surface area contributed by atoms with Crippen LogP contribution in [-0.4, -0.2) is 26.2 Å². The van der Waals surface area contributed by atoms with E-state index in [1.165, 1.54) is 22.3 Å². The summed E-state index contributed by atoms with van der Waals surface area (Å²) in [6.07, 6.45) is 0. The Morgan fingerprint density at radius 1 is 0.420 bits per heavy atom. The summed E-state index contributed by atoms with van der Waals surface area (Å²) in [4.78, 5) is 0. The number of nitrogens with zero attached hydrogens (tertiary/aromatic N) is 2. The summed E-state index contributed by atoms with van der Waals surface area (Å²) in [5.41, 5.74) is 5.21. The Labute approximate surface area is 335 Å². The van der Waals surface area contributed by atoms with Crippen molar-refractivity contribution in [2.45, 2.75) is 79.6 Å². The van der Waals surface area contributed by atoms with Gasteiger partial charge in [0.1, 0.15) is 0 Å². The maximum absolute atomic E-state index is 4.67. The Balaban J connectivity index is -0.000000341. The molecular formula is C44H66N4Zn2-4.